The Kier molecular flexibility index (Phi) is 3.85. The lowest BCUT2D eigenvalue weighted by Gasteiger charge is -2.37. The van der Waals surface area contributed by atoms with Gasteiger partial charge in [0.2, 0.25) is 0 Å². The summed E-state index contributed by atoms with van der Waals surface area (Å²) in [4.78, 5) is 29.3. The predicted octanol–water partition coefficient (Wildman–Crippen LogP) is 1.74. The number of anilines is 1. The van der Waals surface area contributed by atoms with Crippen LogP contribution in [-0.4, -0.2) is 47.0 Å². The van der Waals surface area contributed by atoms with Crippen molar-refractivity contribution < 1.29 is 14.3 Å². The molecular weight excluding hydrogens is 282 g/mol. The molecule has 1 aliphatic rings. The number of benzene rings is 1. The van der Waals surface area contributed by atoms with Gasteiger partial charge in [0.1, 0.15) is 0 Å². The molecule has 1 fully saturated rings. The summed E-state index contributed by atoms with van der Waals surface area (Å²) in [5.74, 6) is -1.13. The third-order valence-electron chi connectivity index (χ3n) is 4.18. The Labute approximate surface area is 128 Å². The Morgan fingerprint density at radius 3 is 2.95 bits per heavy atom. The van der Waals surface area contributed by atoms with Gasteiger partial charge in [-0.1, -0.05) is 6.07 Å². The van der Waals surface area contributed by atoms with Crippen LogP contribution < -0.4 is 5.32 Å². The van der Waals surface area contributed by atoms with Crippen LogP contribution in [0.5, 0.6) is 0 Å². The van der Waals surface area contributed by atoms with Gasteiger partial charge in [0.05, 0.1) is 24.4 Å². The largest absolute Gasteiger partial charge is 0.375 e. The molecule has 2 heterocycles. The van der Waals surface area contributed by atoms with E-state index >= 15 is 0 Å². The first-order valence-corrected chi connectivity index (χ1v) is 7.37. The molecule has 3 rings (SSSR count). The SMILES string of the molecule is C[C@@H]1[C@@H](C)OCCN1C(=O)C(=O)Nc1cccc2[nH]ccc12. The second-order valence-electron chi connectivity index (χ2n) is 5.51. The average Bonchev–Trinajstić information content (AvgIpc) is 2.99. The lowest BCUT2D eigenvalue weighted by Crippen LogP contribution is -2.54. The van der Waals surface area contributed by atoms with Crippen molar-refractivity contribution in [3.8, 4) is 0 Å². The van der Waals surface area contributed by atoms with E-state index in [2.05, 4.69) is 10.3 Å². The van der Waals surface area contributed by atoms with Crippen molar-refractivity contribution in [2.45, 2.75) is 26.0 Å². The first-order valence-electron chi connectivity index (χ1n) is 7.37. The van der Waals surface area contributed by atoms with Crippen LogP contribution in [0.4, 0.5) is 5.69 Å². The molecule has 2 amide bonds. The van der Waals surface area contributed by atoms with Gasteiger partial charge in [-0.05, 0) is 32.0 Å². The highest BCUT2D eigenvalue weighted by atomic mass is 16.5. The highest BCUT2D eigenvalue weighted by Crippen LogP contribution is 2.22. The van der Waals surface area contributed by atoms with Crippen molar-refractivity contribution in [2.24, 2.45) is 0 Å². The molecule has 0 aliphatic carbocycles. The van der Waals surface area contributed by atoms with Crippen LogP contribution >= 0.6 is 0 Å². The van der Waals surface area contributed by atoms with E-state index in [1.807, 2.05) is 32.0 Å². The van der Waals surface area contributed by atoms with Gasteiger partial charge in [-0.15, -0.1) is 0 Å². The van der Waals surface area contributed by atoms with Gasteiger partial charge in [-0.2, -0.15) is 0 Å². The summed E-state index contributed by atoms with van der Waals surface area (Å²) >= 11 is 0. The number of hydrogen-bond acceptors (Lipinski definition) is 3. The van der Waals surface area contributed by atoms with E-state index in [1.165, 1.54) is 0 Å². The van der Waals surface area contributed by atoms with E-state index < -0.39 is 11.8 Å². The van der Waals surface area contributed by atoms with Gasteiger partial charge in [-0.3, -0.25) is 9.59 Å². The fourth-order valence-electron chi connectivity index (χ4n) is 2.72. The summed E-state index contributed by atoms with van der Waals surface area (Å²) in [6.07, 6.45) is 1.73. The Balaban J connectivity index is 1.76. The van der Waals surface area contributed by atoms with E-state index in [0.717, 1.165) is 10.9 Å². The molecule has 1 aromatic heterocycles. The fourth-order valence-corrected chi connectivity index (χ4v) is 2.72. The number of carbonyl (C=O) groups is 2. The number of H-pyrrole nitrogens is 1. The molecule has 2 aromatic rings. The lowest BCUT2D eigenvalue weighted by molar-refractivity contribution is -0.152. The highest BCUT2D eigenvalue weighted by Gasteiger charge is 2.32. The summed E-state index contributed by atoms with van der Waals surface area (Å²) < 4.78 is 5.49. The minimum absolute atomic E-state index is 0.0707. The Morgan fingerprint density at radius 2 is 2.14 bits per heavy atom. The molecule has 0 radical (unpaired) electrons. The van der Waals surface area contributed by atoms with Crippen LogP contribution in [0.1, 0.15) is 13.8 Å². The number of amides is 2. The molecule has 116 valence electrons. The number of rotatable bonds is 1. The second-order valence-corrected chi connectivity index (χ2v) is 5.51. The molecule has 22 heavy (non-hydrogen) atoms. The van der Waals surface area contributed by atoms with Gasteiger partial charge in [-0.25, -0.2) is 0 Å². The minimum atomic E-state index is -0.616. The summed E-state index contributed by atoms with van der Waals surface area (Å²) in [7, 11) is 0. The van der Waals surface area contributed by atoms with Gasteiger partial charge in [0, 0.05) is 23.6 Å². The van der Waals surface area contributed by atoms with E-state index in [4.69, 9.17) is 4.74 Å². The molecule has 1 aliphatic heterocycles. The fraction of sp³-hybridized carbons (Fsp3) is 0.375. The average molecular weight is 301 g/mol. The molecule has 1 saturated heterocycles. The van der Waals surface area contributed by atoms with Gasteiger partial charge >= 0.3 is 11.8 Å². The van der Waals surface area contributed by atoms with E-state index in [-0.39, 0.29) is 12.1 Å². The maximum Gasteiger partial charge on any atom is 0.313 e. The van der Waals surface area contributed by atoms with E-state index in [0.29, 0.717) is 18.8 Å². The maximum atomic E-state index is 12.4. The third kappa shape index (κ3) is 2.57. The number of hydrogen-bond donors (Lipinski definition) is 2. The van der Waals surface area contributed by atoms with Crippen LogP contribution in [0, 0.1) is 0 Å². The summed E-state index contributed by atoms with van der Waals surface area (Å²) in [6, 6.07) is 7.29. The van der Waals surface area contributed by atoms with Gasteiger partial charge < -0.3 is 19.9 Å². The van der Waals surface area contributed by atoms with Crippen molar-refractivity contribution in [2.75, 3.05) is 18.5 Å². The predicted molar refractivity (Wildman–Crippen MR) is 83.5 cm³/mol. The van der Waals surface area contributed by atoms with Crippen LogP contribution in [0.2, 0.25) is 0 Å². The number of nitrogens with zero attached hydrogens (tertiary/aromatic N) is 1. The molecule has 1 aromatic carbocycles. The van der Waals surface area contributed by atoms with Crippen molar-refractivity contribution in [1.29, 1.82) is 0 Å². The summed E-state index contributed by atoms with van der Waals surface area (Å²) in [5.41, 5.74) is 1.55. The topological polar surface area (TPSA) is 74.4 Å². The van der Waals surface area contributed by atoms with E-state index in [9.17, 15) is 9.59 Å². The molecule has 0 unspecified atom stereocenters. The number of nitrogens with one attached hydrogen (secondary N) is 2. The van der Waals surface area contributed by atoms with Crippen LogP contribution in [0.3, 0.4) is 0 Å². The lowest BCUT2D eigenvalue weighted by atomic mass is 10.1. The zero-order valence-corrected chi connectivity index (χ0v) is 12.6. The first-order chi connectivity index (χ1) is 10.6. The Bertz CT molecular complexity index is 709. The molecular formula is C16H19N3O3. The van der Waals surface area contributed by atoms with Crippen molar-refractivity contribution in [1.82, 2.24) is 9.88 Å². The van der Waals surface area contributed by atoms with Gasteiger partial charge in [0.15, 0.2) is 0 Å². The standard InChI is InChI=1S/C16H19N3O3/c1-10-11(2)22-9-8-19(10)16(21)15(20)18-14-5-3-4-13-12(14)6-7-17-13/h3-7,10-11,17H,8-9H2,1-2H3,(H,18,20)/t10-,11-/m1/s1. The summed E-state index contributed by atoms with van der Waals surface area (Å²) in [5, 5.41) is 3.59. The van der Waals surface area contributed by atoms with Gasteiger partial charge in [0.25, 0.3) is 0 Å². The van der Waals surface area contributed by atoms with Crippen LogP contribution in [-0.2, 0) is 14.3 Å². The second kappa shape index (κ2) is 5.81. The number of aromatic nitrogens is 1. The highest BCUT2D eigenvalue weighted by molar-refractivity contribution is 6.40. The number of ether oxygens (including phenoxy) is 1. The van der Waals surface area contributed by atoms with E-state index in [1.54, 1.807) is 17.2 Å². The molecule has 2 N–H and O–H groups in total. The minimum Gasteiger partial charge on any atom is -0.375 e. The Morgan fingerprint density at radius 1 is 1.32 bits per heavy atom. The number of carbonyl (C=O) groups excluding carboxylic acids is 2. The zero-order valence-electron chi connectivity index (χ0n) is 12.6. The first kappa shape index (κ1) is 14.6. The number of fused-ring (bicyclic) bond motifs is 1. The molecule has 6 heteroatoms. The molecule has 0 bridgehead atoms. The molecule has 0 saturated carbocycles. The molecule has 2 atom stereocenters. The number of aromatic amines is 1. The monoisotopic (exact) mass is 301 g/mol. The maximum absolute atomic E-state index is 12.4. The van der Waals surface area contributed by atoms with Crippen LogP contribution in [0.15, 0.2) is 30.5 Å². The van der Waals surface area contributed by atoms with Crippen molar-refractivity contribution >= 4 is 28.4 Å². The van der Waals surface area contributed by atoms with Crippen LogP contribution in [0.25, 0.3) is 10.9 Å². The summed E-state index contributed by atoms with van der Waals surface area (Å²) in [6.45, 7) is 4.69. The molecule has 0 spiro atoms. The third-order valence-corrected chi connectivity index (χ3v) is 4.18. The van der Waals surface area contributed by atoms with Crippen molar-refractivity contribution in [3.05, 3.63) is 30.5 Å². The molecule has 6 nitrogen and oxygen atoms in total. The zero-order chi connectivity index (χ0) is 15.7. The number of morpholine rings is 1. The quantitative estimate of drug-likeness (QED) is 0.788. The Hall–Kier alpha value is -2.34. The van der Waals surface area contributed by atoms with Crippen molar-refractivity contribution in [3.63, 3.8) is 0 Å². The normalized spacial score (nSPS) is 21.8. The smallest absolute Gasteiger partial charge is 0.313 e.